The Morgan fingerprint density at radius 1 is 1.08 bits per heavy atom. The molecule has 0 fully saturated rings. The summed E-state index contributed by atoms with van der Waals surface area (Å²) in [6.45, 7) is 0.717. The number of aromatic hydroxyl groups is 1. The number of nitrogens with one attached hydrogen (secondary N) is 2. The molecule has 0 aliphatic carbocycles. The van der Waals surface area contributed by atoms with Gasteiger partial charge in [0.1, 0.15) is 17.8 Å². The van der Waals surface area contributed by atoms with Crippen molar-refractivity contribution in [2.75, 3.05) is 13.1 Å². The molecule has 1 heterocycles. The lowest BCUT2D eigenvalue weighted by Gasteiger charge is -2.19. The molecule has 2 rings (SSSR count). The number of urea groups is 1. The van der Waals surface area contributed by atoms with E-state index < -0.39 is 30.1 Å². The summed E-state index contributed by atoms with van der Waals surface area (Å²) in [7, 11) is 0. The molecule has 2 amide bonds. The molecule has 12 N–H and O–H groups in total. The first-order valence-corrected chi connectivity index (χ1v) is 11.6. The van der Waals surface area contributed by atoms with Gasteiger partial charge in [-0.2, -0.15) is 4.98 Å². The van der Waals surface area contributed by atoms with Crippen molar-refractivity contribution >= 4 is 18.0 Å². The zero-order valence-corrected chi connectivity index (χ0v) is 20.0. The van der Waals surface area contributed by atoms with Crippen molar-refractivity contribution in [1.82, 2.24) is 20.8 Å². The molecule has 198 valence electrons. The molecule has 0 aliphatic rings. The number of nitrogens with zero attached hydrogens (tertiary/aromatic N) is 3. The van der Waals surface area contributed by atoms with Crippen LogP contribution >= 0.6 is 0 Å². The van der Waals surface area contributed by atoms with Crippen LogP contribution in [0.1, 0.15) is 61.5 Å². The third-order valence-electron chi connectivity index (χ3n) is 5.28. The fourth-order valence-electron chi connectivity index (χ4n) is 3.39. The first-order valence-electron chi connectivity index (χ1n) is 11.6. The fourth-order valence-corrected chi connectivity index (χ4v) is 3.39. The molecule has 0 spiro atoms. The van der Waals surface area contributed by atoms with Gasteiger partial charge in [-0.3, -0.25) is 4.99 Å². The first kappa shape index (κ1) is 28.3. The number of guanidine groups is 1. The summed E-state index contributed by atoms with van der Waals surface area (Å²) in [5.41, 5.74) is 23.2. The van der Waals surface area contributed by atoms with Crippen LogP contribution in [-0.4, -0.2) is 57.4 Å². The summed E-state index contributed by atoms with van der Waals surface area (Å²) >= 11 is 0. The fraction of sp³-hybridized carbons (Fsp3) is 0.500. The van der Waals surface area contributed by atoms with Gasteiger partial charge in [-0.05, 0) is 62.8 Å². The van der Waals surface area contributed by atoms with Crippen molar-refractivity contribution < 1.29 is 24.3 Å². The van der Waals surface area contributed by atoms with E-state index in [2.05, 4.69) is 25.8 Å². The highest BCUT2D eigenvalue weighted by Gasteiger charge is 2.25. The highest BCUT2D eigenvalue weighted by molar-refractivity contribution is 5.82. The number of phenolic OH excluding ortho intramolecular Hbond substituents is 1. The number of benzene rings is 1. The standard InChI is InChI=1S/C22H35N9O5/c23-10-2-1-4-16(28-22(35)29-17(20(33)34)5-3-11-27-21(25)26)19-30-18(31-36-19)15(24)12-13-6-8-14(32)9-7-13/h6-9,15-17,32H,1-5,10-12,23-24H2,(H,33,34)(H4,25,26,27)(H2,28,29,35)/t15-,16-,17-/m0/s1. The van der Waals surface area contributed by atoms with Gasteiger partial charge in [-0.25, -0.2) is 9.59 Å². The number of carbonyl (C=O) groups is 2. The Morgan fingerprint density at radius 2 is 1.81 bits per heavy atom. The maximum Gasteiger partial charge on any atom is 0.326 e. The van der Waals surface area contributed by atoms with E-state index in [-0.39, 0.29) is 36.4 Å². The number of nitrogens with two attached hydrogens (primary N) is 4. The Hall–Kier alpha value is -3.91. The van der Waals surface area contributed by atoms with E-state index in [9.17, 15) is 19.8 Å². The molecule has 0 radical (unpaired) electrons. The van der Waals surface area contributed by atoms with Gasteiger partial charge in [-0.15, -0.1) is 0 Å². The summed E-state index contributed by atoms with van der Waals surface area (Å²) in [6, 6.07) is 3.52. The zero-order valence-electron chi connectivity index (χ0n) is 20.0. The molecular weight excluding hydrogens is 470 g/mol. The van der Waals surface area contributed by atoms with Gasteiger partial charge >= 0.3 is 12.0 Å². The lowest BCUT2D eigenvalue weighted by atomic mass is 10.1. The van der Waals surface area contributed by atoms with Crippen molar-refractivity contribution in [2.24, 2.45) is 27.9 Å². The van der Waals surface area contributed by atoms with Gasteiger partial charge in [0, 0.05) is 6.54 Å². The van der Waals surface area contributed by atoms with Gasteiger partial charge in [0.05, 0.1) is 6.04 Å². The highest BCUT2D eigenvalue weighted by atomic mass is 16.5. The number of aliphatic carboxylic acids is 1. The van der Waals surface area contributed by atoms with Gasteiger partial charge < -0.3 is 48.3 Å². The van der Waals surface area contributed by atoms with Gasteiger partial charge in [0.2, 0.25) is 5.89 Å². The second kappa shape index (κ2) is 14.5. The van der Waals surface area contributed by atoms with Crippen LogP contribution in [0.15, 0.2) is 33.8 Å². The molecule has 2 aromatic rings. The smallest absolute Gasteiger partial charge is 0.326 e. The van der Waals surface area contributed by atoms with E-state index in [4.69, 9.17) is 27.5 Å². The van der Waals surface area contributed by atoms with Crippen LogP contribution in [0.25, 0.3) is 0 Å². The van der Waals surface area contributed by atoms with Crippen molar-refractivity contribution in [3.05, 3.63) is 41.5 Å². The van der Waals surface area contributed by atoms with Crippen LogP contribution in [0.4, 0.5) is 4.79 Å². The Morgan fingerprint density at radius 3 is 2.44 bits per heavy atom. The van der Waals surface area contributed by atoms with E-state index >= 15 is 0 Å². The average Bonchev–Trinajstić information content (AvgIpc) is 3.32. The summed E-state index contributed by atoms with van der Waals surface area (Å²) < 4.78 is 5.38. The minimum Gasteiger partial charge on any atom is -0.508 e. The molecule has 1 aromatic carbocycles. The minimum atomic E-state index is -1.19. The number of amides is 2. The monoisotopic (exact) mass is 505 g/mol. The average molecular weight is 506 g/mol. The van der Waals surface area contributed by atoms with E-state index in [0.717, 1.165) is 5.56 Å². The van der Waals surface area contributed by atoms with Crippen LogP contribution < -0.4 is 33.6 Å². The summed E-state index contributed by atoms with van der Waals surface area (Å²) in [6.07, 6.45) is 2.73. The topological polar surface area (TPSA) is 254 Å². The number of phenols is 1. The number of carbonyl (C=O) groups excluding carboxylic acids is 1. The molecule has 14 nitrogen and oxygen atoms in total. The number of aliphatic imine (C=N–C) groups is 1. The van der Waals surface area contributed by atoms with Crippen molar-refractivity contribution in [3.8, 4) is 5.75 Å². The molecule has 1 aromatic heterocycles. The normalized spacial score (nSPS) is 13.4. The van der Waals surface area contributed by atoms with Crippen LogP contribution in [0.3, 0.4) is 0 Å². The highest BCUT2D eigenvalue weighted by Crippen LogP contribution is 2.21. The largest absolute Gasteiger partial charge is 0.508 e. The molecule has 0 unspecified atom stereocenters. The number of rotatable bonds is 15. The quantitative estimate of drug-likeness (QED) is 0.0907. The van der Waals surface area contributed by atoms with E-state index in [1.165, 1.54) is 0 Å². The number of carboxylic acid groups (broad SMARTS) is 1. The third-order valence-corrected chi connectivity index (χ3v) is 5.28. The number of carboxylic acids is 1. The van der Waals surface area contributed by atoms with Crippen molar-refractivity contribution in [2.45, 2.75) is 56.7 Å². The summed E-state index contributed by atoms with van der Waals surface area (Å²) in [5.74, 6) is -0.715. The maximum absolute atomic E-state index is 12.6. The molecule has 0 aliphatic heterocycles. The first-order chi connectivity index (χ1) is 17.2. The van der Waals surface area contributed by atoms with Crippen molar-refractivity contribution in [1.29, 1.82) is 0 Å². The van der Waals surface area contributed by atoms with Crippen LogP contribution in [0.2, 0.25) is 0 Å². The maximum atomic E-state index is 12.6. The van der Waals surface area contributed by atoms with E-state index in [1.807, 2.05) is 0 Å². The predicted molar refractivity (Wildman–Crippen MR) is 132 cm³/mol. The molecule has 36 heavy (non-hydrogen) atoms. The zero-order chi connectivity index (χ0) is 26.5. The molecular formula is C22H35N9O5. The van der Waals surface area contributed by atoms with Gasteiger partial charge in [0.15, 0.2) is 11.8 Å². The number of aromatic nitrogens is 2. The summed E-state index contributed by atoms with van der Waals surface area (Å²) in [4.78, 5) is 32.3. The lowest BCUT2D eigenvalue weighted by Crippen LogP contribution is -2.47. The van der Waals surface area contributed by atoms with Gasteiger partial charge in [-0.1, -0.05) is 17.3 Å². The van der Waals surface area contributed by atoms with Crippen LogP contribution in [0, 0.1) is 0 Å². The Bertz CT molecular complexity index is 992. The molecule has 3 atom stereocenters. The number of hydrogen-bond donors (Lipinski definition) is 8. The van der Waals surface area contributed by atoms with Crippen LogP contribution in [0.5, 0.6) is 5.75 Å². The van der Waals surface area contributed by atoms with E-state index in [1.54, 1.807) is 24.3 Å². The predicted octanol–water partition coefficient (Wildman–Crippen LogP) is -0.00620. The molecule has 0 bridgehead atoms. The Labute approximate surface area is 208 Å². The minimum absolute atomic E-state index is 0.0883. The Balaban J connectivity index is 2.03. The third kappa shape index (κ3) is 9.76. The van der Waals surface area contributed by atoms with Crippen LogP contribution in [-0.2, 0) is 11.2 Å². The Kier molecular flexibility index (Phi) is 11.4. The molecule has 14 heteroatoms. The second-order valence-electron chi connectivity index (χ2n) is 8.26. The molecule has 0 saturated carbocycles. The van der Waals surface area contributed by atoms with Gasteiger partial charge in [0.25, 0.3) is 0 Å². The summed E-state index contributed by atoms with van der Waals surface area (Å²) in [5, 5.41) is 28.0. The number of hydrogen-bond acceptors (Lipinski definition) is 9. The lowest BCUT2D eigenvalue weighted by molar-refractivity contribution is -0.139. The molecule has 0 saturated heterocycles. The van der Waals surface area contributed by atoms with Crippen molar-refractivity contribution in [3.63, 3.8) is 0 Å². The second-order valence-corrected chi connectivity index (χ2v) is 8.26. The van der Waals surface area contributed by atoms with E-state index in [0.29, 0.717) is 38.6 Å². The SMILES string of the molecule is NCCCC[C@H](NC(=O)N[C@@H](CCCN=C(N)N)C(=O)O)c1nc([C@@H](N)Cc2ccc(O)cc2)no1. The number of unbranched alkanes of at least 4 members (excludes halogenated alkanes) is 1.